The maximum absolute atomic E-state index is 11.5. The van der Waals surface area contributed by atoms with Gasteiger partial charge in [-0.05, 0) is 24.8 Å². The van der Waals surface area contributed by atoms with Crippen LogP contribution in [0.25, 0.3) is 0 Å². The molecule has 3 atom stereocenters. The van der Waals surface area contributed by atoms with Crippen LogP contribution in [-0.2, 0) is 9.53 Å². The van der Waals surface area contributed by atoms with Gasteiger partial charge in [0.25, 0.3) is 0 Å². The average Bonchev–Trinajstić information content (AvgIpc) is 2.63. The number of Topliss-reactive ketones (excluding diaryl/α,β-unsaturated/α-hetero) is 1. The lowest BCUT2D eigenvalue weighted by Crippen LogP contribution is -2.28. The highest BCUT2D eigenvalue weighted by atomic mass is 16.6. The molecule has 0 aromatic carbocycles. The van der Waals surface area contributed by atoms with Gasteiger partial charge in [0.1, 0.15) is 5.60 Å². The van der Waals surface area contributed by atoms with Crippen molar-refractivity contribution in [3.8, 4) is 0 Å². The van der Waals surface area contributed by atoms with Crippen LogP contribution in [0.2, 0.25) is 0 Å². The van der Waals surface area contributed by atoms with Crippen molar-refractivity contribution >= 4 is 5.78 Å². The molecule has 1 aliphatic heterocycles. The molecule has 3 rings (SSSR count). The van der Waals surface area contributed by atoms with E-state index >= 15 is 0 Å². The first-order valence-corrected chi connectivity index (χ1v) is 4.53. The van der Waals surface area contributed by atoms with Crippen molar-refractivity contribution in [1.82, 2.24) is 0 Å². The van der Waals surface area contributed by atoms with E-state index in [-0.39, 0.29) is 22.9 Å². The summed E-state index contributed by atoms with van der Waals surface area (Å²) in [6, 6.07) is 0. The normalized spacial score (nSPS) is 55.6. The molecule has 2 heteroatoms. The summed E-state index contributed by atoms with van der Waals surface area (Å²) in [5, 5.41) is 0. The van der Waals surface area contributed by atoms with Crippen LogP contribution in [0.5, 0.6) is 0 Å². The predicted octanol–water partition coefficient (Wildman–Crippen LogP) is 1.45. The molecule has 12 heavy (non-hydrogen) atoms. The first-order valence-electron chi connectivity index (χ1n) is 4.53. The lowest BCUT2D eigenvalue weighted by atomic mass is 9.79. The number of rotatable bonds is 0. The highest BCUT2D eigenvalue weighted by Gasteiger charge is 2.78. The second-order valence-corrected chi connectivity index (χ2v) is 4.42. The molecule has 2 saturated carbocycles. The Balaban J connectivity index is 2.18. The Bertz CT molecular complexity index is 307. The van der Waals surface area contributed by atoms with Crippen molar-refractivity contribution in [3.05, 3.63) is 12.2 Å². The average molecular weight is 164 g/mol. The zero-order valence-corrected chi connectivity index (χ0v) is 7.22. The molecular weight excluding hydrogens is 152 g/mol. The minimum absolute atomic E-state index is 0.0191. The predicted molar refractivity (Wildman–Crippen MR) is 43.7 cm³/mol. The SMILES string of the molecule is C=C1C(=O)C2OC23CCCC13C. The van der Waals surface area contributed by atoms with Gasteiger partial charge in [-0.15, -0.1) is 0 Å². The molecule has 0 amide bonds. The van der Waals surface area contributed by atoms with Gasteiger partial charge in [-0.25, -0.2) is 0 Å². The van der Waals surface area contributed by atoms with E-state index in [0.29, 0.717) is 0 Å². The summed E-state index contributed by atoms with van der Waals surface area (Å²) in [7, 11) is 0. The molecule has 0 aromatic rings. The van der Waals surface area contributed by atoms with Gasteiger partial charge in [0.2, 0.25) is 0 Å². The third kappa shape index (κ3) is 0.424. The molecule has 1 saturated heterocycles. The quantitative estimate of drug-likeness (QED) is 0.400. The fourth-order valence-corrected chi connectivity index (χ4v) is 3.08. The van der Waals surface area contributed by atoms with E-state index < -0.39 is 0 Å². The summed E-state index contributed by atoms with van der Waals surface area (Å²) in [6.07, 6.45) is 3.20. The number of hydrogen-bond donors (Lipinski definition) is 0. The van der Waals surface area contributed by atoms with Crippen LogP contribution in [0, 0.1) is 5.41 Å². The number of carbonyl (C=O) groups is 1. The fourth-order valence-electron chi connectivity index (χ4n) is 3.08. The summed E-state index contributed by atoms with van der Waals surface area (Å²) in [5.74, 6) is 0.164. The van der Waals surface area contributed by atoms with E-state index in [2.05, 4.69) is 13.5 Å². The Morgan fingerprint density at radius 1 is 1.58 bits per heavy atom. The van der Waals surface area contributed by atoms with Crippen molar-refractivity contribution < 1.29 is 9.53 Å². The van der Waals surface area contributed by atoms with E-state index in [9.17, 15) is 4.79 Å². The Morgan fingerprint density at radius 3 is 3.00 bits per heavy atom. The standard InChI is InChI=1S/C10H12O2/c1-6-7(11)8-10(12-8)5-3-4-9(6,10)2/h8H,1,3-5H2,2H3. The van der Waals surface area contributed by atoms with Gasteiger partial charge >= 0.3 is 0 Å². The first kappa shape index (κ1) is 6.84. The van der Waals surface area contributed by atoms with E-state index in [0.717, 1.165) is 18.4 Å². The maximum atomic E-state index is 11.5. The zero-order valence-electron chi connectivity index (χ0n) is 7.22. The molecule has 1 spiro atoms. The van der Waals surface area contributed by atoms with Gasteiger partial charge in [-0.1, -0.05) is 13.5 Å². The lowest BCUT2D eigenvalue weighted by molar-refractivity contribution is -0.117. The third-order valence-electron chi connectivity index (χ3n) is 4.06. The van der Waals surface area contributed by atoms with Crippen LogP contribution in [-0.4, -0.2) is 17.5 Å². The molecule has 1 heterocycles. The van der Waals surface area contributed by atoms with Gasteiger partial charge in [0.05, 0.1) is 0 Å². The number of epoxide rings is 1. The summed E-state index contributed by atoms with van der Waals surface area (Å²) in [4.78, 5) is 11.5. The molecule has 2 aliphatic carbocycles. The Labute approximate surface area is 71.6 Å². The molecule has 3 fully saturated rings. The smallest absolute Gasteiger partial charge is 0.190 e. The molecular formula is C10H12O2. The largest absolute Gasteiger partial charge is 0.356 e. The minimum Gasteiger partial charge on any atom is -0.356 e. The topological polar surface area (TPSA) is 29.6 Å². The maximum Gasteiger partial charge on any atom is 0.190 e. The van der Waals surface area contributed by atoms with Crippen LogP contribution in [0.15, 0.2) is 12.2 Å². The van der Waals surface area contributed by atoms with Crippen molar-refractivity contribution in [2.45, 2.75) is 37.9 Å². The summed E-state index contributed by atoms with van der Waals surface area (Å²) < 4.78 is 5.54. The molecule has 0 N–H and O–H groups in total. The molecule has 3 unspecified atom stereocenters. The van der Waals surface area contributed by atoms with Crippen molar-refractivity contribution in [3.63, 3.8) is 0 Å². The Hall–Kier alpha value is -0.630. The minimum atomic E-state index is -0.113. The zero-order chi connectivity index (χ0) is 8.56. The summed E-state index contributed by atoms with van der Waals surface area (Å²) in [5.41, 5.74) is 0.701. The van der Waals surface area contributed by atoms with Gasteiger partial charge in [-0.2, -0.15) is 0 Å². The van der Waals surface area contributed by atoms with Crippen molar-refractivity contribution in [2.75, 3.05) is 0 Å². The van der Waals surface area contributed by atoms with E-state index in [1.54, 1.807) is 0 Å². The number of ether oxygens (including phenoxy) is 1. The van der Waals surface area contributed by atoms with Crippen LogP contribution < -0.4 is 0 Å². The first-order chi connectivity index (χ1) is 5.62. The second-order valence-electron chi connectivity index (χ2n) is 4.42. The highest BCUT2D eigenvalue weighted by molar-refractivity contribution is 6.06. The second kappa shape index (κ2) is 1.53. The lowest BCUT2D eigenvalue weighted by Gasteiger charge is -2.25. The van der Waals surface area contributed by atoms with Crippen molar-refractivity contribution in [1.29, 1.82) is 0 Å². The Morgan fingerprint density at radius 2 is 2.33 bits per heavy atom. The Kier molecular flexibility index (Phi) is 0.874. The molecule has 0 aromatic heterocycles. The highest BCUT2D eigenvalue weighted by Crippen LogP contribution is 2.68. The molecule has 3 aliphatic rings. The molecule has 0 radical (unpaired) electrons. The van der Waals surface area contributed by atoms with Gasteiger partial charge in [0, 0.05) is 5.41 Å². The van der Waals surface area contributed by atoms with Gasteiger partial charge < -0.3 is 4.74 Å². The molecule has 64 valence electrons. The van der Waals surface area contributed by atoms with Crippen molar-refractivity contribution in [2.24, 2.45) is 5.41 Å². The van der Waals surface area contributed by atoms with E-state index in [1.165, 1.54) is 6.42 Å². The van der Waals surface area contributed by atoms with Crippen LogP contribution in [0.3, 0.4) is 0 Å². The van der Waals surface area contributed by atoms with Crippen LogP contribution in [0.4, 0.5) is 0 Å². The molecule has 2 nitrogen and oxygen atoms in total. The third-order valence-corrected chi connectivity index (χ3v) is 4.06. The molecule has 0 bridgehead atoms. The fraction of sp³-hybridized carbons (Fsp3) is 0.700. The van der Waals surface area contributed by atoms with E-state index in [1.807, 2.05) is 0 Å². The van der Waals surface area contributed by atoms with E-state index in [4.69, 9.17) is 4.74 Å². The van der Waals surface area contributed by atoms with Gasteiger partial charge in [-0.3, -0.25) is 4.79 Å². The number of ketones is 1. The summed E-state index contributed by atoms with van der Waals surface area (Å²) in [6.45, 7) is 6.03. The van der Waals surface area contributed by atoms with Crippen LogP contribution >= 0.6 is 0 Å². The van der Waals surface area contributed by atoms with Crippen LogP contribution in [0.1, 0.15) is 26.2 Å². The monoisotopic (exact) mass is 164 g/mol. The summed E-state index contributed by atoms with van der Waals surface area (Å²) >= 11 is 0. The number of carbonyl (C=O) groups excluding carboxylic acids is 1. The van der Waals surface area contributed by atoms with Gasteiger partial charge in [0.15, 0.2) is 11.9 Å². The number of hydrogen-bond acceptors (Lipinski definition) is 2.